The predicted octanol–water partition coefficient (Wildman–Crippen LogP) is 1.68. The highest BCUT2D eigenvalue weighted by Crippen LogP contribution is 2.30. The van der Waals surface area contributed by atoms with Crippen molar-refractivity contribution in [3.05, 3.63) is 0 Å². The Hall–Kier alpha value is -0.160. The van der Waals surface area contributed by atoms with Gasteiger partial charge in [-0.1, -0.05) is 0 Å². The summed E-state index contributed by atoms with van der Waals surface area (Å²) in [6.45, 7) is 5.30. The van der Waals surface area contributed by atoms with Crippen LogP contribution >= 0.6 is 0 Å². The monoisotopic (exact) mass is 257 g/mol. The Balaban J connectivity index is 1.65. The molecule has 0 N–H and O–H groups in total. The molecule has 0 spiro atoms. The van der Waals surface area contributed by atoms with Gasteiger partial charge in [-0.3, -0.25) is 4.90 Å². The minimum Gasteiger partial charge on any atom is -0.383 e. The van der Waals surface area contributed by atoms with Gasteiger partial charge in [-0.2, -0.15) is 0 Å². The number of hydrogen-bond acceptors (Lipinski definition) is 4. The quantitative estimate of drug-likeness (QED) is 0.724. The summed E-state index contributed by atoms with van der Waals surface area (Å²) in [5.74, 6) is 0. The van der Waals surface area contributed by atoms with Gasteiger partial charge in [0.2, 0.25) is 0 Å². The maximum Gasteiger partial charge on any atom is 0.0628 e. The summed E-state index contributed by atoms with van der Waals surface area (Å²) in [6.07, 6.45) is 5.79. The molecule has 106 valence electrons. The Morgan fingerprint density at radius 2 is 1.83 bits per heavy atom. The second kappa shape index (κ2) is 6.85. The molecular formula is C14H27NO3. The molecule has 2 aliphatic rings. The standard InChI is InChI=1S/C14H27NO3/c1-11-8-12(4-5-15(11)6-7-16-2)18-14-9-13(10-14)17-3/h11-14H,4-10H2,1-3H3/t11-,12-,13-,14-/m0/s1. The Labute approximate surface area is 111 Å². The van der Waals surface area contributed by atoms with E-state index >= 15 is 0 Å². The van der Waals surface area contributed by atoms with Gasteiger partial charge in [-0.05, 0) is 32.6 Å². The van der Waals surface area contributed by atoms with Crippen LogP contribution in [0.2, 0.25) is 0 Å². The first-order valence-corrected chi connectivity index (χ1v) is 7.14. The van der Waals surface area contributed by atoms with Crippen LogP contribution in [0.4, 0.5) is 0 Å². The lowest BCUT2D eigenvalue weighted by molar-refractivity contribution is -0.131. The Morgan fingerprint density at radius 1 is 1.06 bits per heavy atom. The first kappa shape index (κ1) is 14.3. The second-order valence-electron chi connectivity index (χ2n) is 5.61. The van der Waals surface area contributed by atoms with Gasteiger partial charge < -0.3 is 14.2 Å². The molecule has 0 unspecified atom stereocenters. The van der Waals surface area contributed by atoms with Crippen LogP contribution < -0.4 is 0 Å². The molecule has 0 aromatic carbocycles. The first-order chi connectivity index (χ1) is 8.72. The minimum atomic E-state index is 0.439. The number of piperidine rings is 1. The molecule has 0 amide bonds. The van der Waals surface area contributed by atoms with Gasteiger partial charge in [0.25, 0.3) is 0 Å². The molecule has 2 fully saturated rings. The normalized spacial score (nSPS) is 37.5. The van der Waals surface area contributed by atoms with Crippen LogP contribution in [-0.2, 0) is 14.2 Å². The zero-order valence-electron chi connectivity index (χ0n) is 11.9. The average molecular weight is 257 g/mol. The van der Waals surface area contributed by atoms with Gasteiger partial charge in [0.05, 0.1) is 24.9 Å². The van der Waals surface area contributed by atoms with Crippen LogP contribution in [0.15, 0.2) is 0 Å². The van der Waals surface area contributed by atoms with Crippen molar-refractivity contribution in [3.63, 3.8) is 0 Å². The van der Waals surface area contributed by atoms with Crippen LogP contribution in [0.25, 0.3) is 0 Å². The predicted molar refractivity (Wildman–Crippen MR) is 70.8 cm³/mol. The van der Waals surface area contributed by atoms with E-state index in [1.807, 2.05) is 0 Å². The van der Waals surface area contributed by atoms with Crippen LogP contribution in [0.3, 0.4) is 0 Å². The third-order valence-electron chi connectivity index (χ3n) is 4.32. The van der Waals surface area contributed by atoms with Crippen molar-refractivity contribution in [2.75, 3.05) is 33.9 Å². The van der Waals surface area contributed by atoms with E-state index in [0.717, 1.165) is 45.4 Å². The third kappa shape index (κ3) is 3.67. The lowest BCUT2D eigenvalue weighted by atomic mass is 9.91. The highest BCUT2D eigenvalue weighted by molar-refractivity contribution is 4.85. The van der Waals surface area contributed by atoms with E-state index < -0.39 is 0 Å². The Kier molecular flexibility index (Phi) is 5.42. The van der Waals surface area contributed by atoms with Crippen LogP contribution in [0.1, 0.15) is 32.6 Å². The lowest BCUT2D eigenvalue weighted by Gasteiger charge is -2.41. The summed E-state index contributed by atoms with van der Waals surface area (Å²) in [4.78, 5) is 2.50. The summed E-state index contributed by atoms with van der Waals surface area (Å²) in [6, 6.07) is 0.609. The van der Waals surface area contributed by atoms with Crippen molar-refractivity contribution >= 4 is 0 Å². The fourth-order valence-electron chi connectivity index (χ4n) is 2.94. The van der Waals surface area contributed by atoms with Gasteiger partial charge in [-0.15, -0.1) is 0 Å². The fourth-order valence-corrected chi connectivity index (χ4v) is 2.94. The van der Waals surface area contributed by atoms with E-state index in [0.29, 0.717) is 24.4 Å². The molecule has 0 aromatic heterocycles. The van der Waals surface area contributed by atoms with E-state index in [1.165, 1.54) is 0 Å². The summed E-state index contributed by atoms with van der Waals surface area (Å²) in [7, 11) is 3.56. The van der Waals surface area contributed by atoms with E-state index in [2.05, 4.69) is 11.8 Å². The van der Waals surface area contributed by atoms with Crippen LogP contribution in [-0.4, -0.2) is 63.2 Å². The fraction of sp³-hybridized carbons (Fsp3) is 1.00. The number of likely N-dealkylation sites (tertiary alicyclic amines) is 1. The molecule has 1 saturated carbocycles. The van der Waals surface area contributed by atoms with E-state index in [4.69, 9.17) is 14.2 Å². The smallest absolute Gasteiger partial charge is 0.0628 e. The molecule has 4 nitrogen and oxygen atoms in total. The third-order valence-corrected chi connectivity index (χ3v) is 4.32. The molecule has 1 heterocycles. The molecule has 0 radical (unpaired) electrons. The molecule has 18 heavy (non-hydrogen) atoms. The zero-order valence-corrected chi connectivity index (χ0v) is 11.9. The average Bonchev–Trinajstić information content (AvgIpc) is 2.32. The number of nitrogens with zero attached hydrogens (tertiary/aromatic N) is 1. The Morgan fingerprint density at radius 3 is 2.44 bits per heavy atom. The summed E-state index contributed by atoms with van der Waals surface area (Å²) in [5.41, 5.74) is 0. The Bertz CT molecular complexity index is 243. The van der Waals surface area contributed by atoms with E-state index in [9.17, 15) is 0 Å². The molecule has 0 bridgehead atoms. The zero-order chi connectivity index (χ0) is 13.0. The summed E-state index contributed by atoms with van der Waals surface area (Å²) < 4.78 is 16.6. The van der Waals surface area contributed by atoms with Crippen molar-refractivity contribution in [2.24, 2.45) is 0 Å². The molecule has 4 heteroatoms. The maximum atomic E-state index is 6.14. The number of ether oxygens (including phenoxy) is 3. The van der Waals surface area contributed by atoms with Crippen molar-refractivity contribution in [2.45, 2.75) is 57.0 Å². The van der Waals surface area contributed by atoms with Crippen molar-refractivity contribution in [3.8, 4) is 0 Å². The minimum absolute atomic E-state index is 0.439. The van der Waals surface area contributed by atoms with E-state index in [-0.39, 0.29) is 0 Å². The van der Waals surface area contributed by atoms with Gasteiger partial charge in [0.15, 0.2) is 0 Å². The second-order valence-corrected chi connectivity index (χ2v) is 5.61. The molecule has 1 aliphatic heterocycles. The number of methoxy groups -OCH3 is 2. The van der Waals surface area contributed by atoms with Gasteiger partial charge in [-0.25, -0.2) is 0 Å². The van der Waals surface area contributed by atoms with Crippen molar-refractivity contribution in [1.29, 1.82) is 0 Å². The largest absolute Gasteiger partial charge is 0.383 e. The summed E-state index contributed by atoms with van der Waals surface area (Å²) in [5, 5.41) is 0. The molecule has 0 aromatic rings. The topological polar surface area (TPSA) is 30.9 Å². The van der Waals surface area contributed by atoms with Crippen molar-refractivity contribution < 1.29 is 14.2 Å². The molecule has 2 atom stereocenters. The van der Waals surface area contributed by atoms with E-state index in [1.54, 1.807) is 14.2 Å². The van der Waals surface area contributed by atoms with Gasteiger partial charge in [0.1, 0.15) is 0 Å². The number of rotatable bonds is 6. The summed E-state index contributed by atoms with van der Waals surface area (Å²) >= 11 is 0. The first-order valence-electron chi connectivity index (χ1n) is 7.14. The lowest BCUT2D eigenvalue weighted by Crippen LogP contribution is -2.47. The van der Waals surface area contributed by atoms with Crippen LogP contribution in [0.5, 0.6) is 0 Å². The van der Waals surface area contributed by atoms with Gasteiger partial charge in [0, 0.05) is 33.4 Å². The molecule has 1 aliphatic carbocycles. The molecule has 1 saturated heterocycles. The van der Waals surface area contributed by atoms with Crippen LogP contribution in [0, 0.1) is 0 Å². The highest BCUT2D eigenvalue weighted by Gasteiger charge is 2.34. The molecular weight excluding hydrogens is 230 g/mol. The highest BCUT2D eigenvalue weighted by atomic mass is 16.5. The SMILES string of the molecule is COCCN1CC[C@H](O[C@H]2C[C@H](OC)C2)C[C@@H]1C. The number of hydrogen-bond donors (Lipinski definition) is 0. The van der Waals surface area contributed by atoms with Crippen molar-refractivity contribution in [1.82, 2.24) is 4.90 Å². The van der Waals surface area contributed by atoms with Gasteiger partial charge >= 0.3 is 0 Å². The molecule has 2 rings (SSSR count). The maximum absolute atomic E-state index is 6.14.